The summed E-state index contributed by atoms with van der Waals surface area (Å²) in [6.07, 6.45) is 1.87. The lowest BCUT2D eigenvalue weighted by molar-refractivity contribution is 0.628. The maximum atomic E-state index is 13.5. The summed E-state index contributed by atoms with van der Waals surface area (Å²) in [5, 5.41) is 8.13. The van der Waals surface area contributed by atoms with E-state index in [-0.39, 0.29) is 11.5 Å². The molecule has 3 rings (SSSR count). The highest BCUT2D eigenvalue weighted by molar-refractivity contribution is 5.56. The zero-order valence-corrected chi connectivity index (χ0v) is 11.2. The van der Waals surface area contributed by atoms with E-state index in [2.05, 4.69) is 15.2 Å². The number of benzene rings is 1. The van der Waals surface area contributed by atoms with Crippen LogP contribution in [0.5, 0.6) is 0 Å². The van der Waals surface area contributed by atoms with Gasteiger partial charge in [0.05, 0.1) is 5.69 Å². The lowest BCUT2D eigenvalue weighted by Crippen LogP contribution is -1.85. The van der Waals surface area contributed by atoms with Gasteiger partial charge in [-0.2, -0.15) is 0 Å². The summed E-state index contributed by atoms with van der Waals surface area (Å²) in [7, 11) is 0. The highest BCUT2D eigenvalue weighted by Gasteiger charge is 2.09. The molecule has 0 fully saturated rings. The Bertz CT molecular complexity index is 805. The van der Waals surface area contributed by atoms with Crippen LogP contribution in [0.3, 0.4) is 0 Å². The van der Waals surface area contributed by atoms with Crippen LogP contribution in [0.1, 0.15) is 11.3 Å². The molecule has 0 N–H and O–H groups in total. The van der Waals surface area contributed by atoms with Gasteiger partial charge in [0.15, 0.2) is 11.6 Å². The van der Waals surface area contributed by atoms with Crippen molar-refractivity contribution in [2.24, 2.45) is 10.2 Å². The Morgan fingerprint density at radius 1 is 1.05 bits per heavy atom. The lowest BCUT2D eigenvalue weighted by atomic mass is 10.3. The third kappa shape index (κ3) is 2.07. The van der Waals surface area contributed by atoms with E-state index in [9.17, 15) is 4.39 Å². The van der Waals surface area contributed by atoms with Gasteiger partial charge in [-0.25, -0.2) is 9.37 Å². The second kappa shape index (κ2) is 4.85. The van der Waals surface area contributed by atoms with E-state index in [0.717, 1.165) is 16.9 Å². The molecular formula is C15H13FN4. The molecule has 1 aromatic carbocycles. The fourth-order valence-electron chi connectivity index (χ4n) is 2.06. The Hall–Kier alpha value is -2.56. The first kappa shape index (κ1) is 12.5. The summed E-state index contributed by atoms with van der Waals surface area (Å²) in [4.78, 5) is 4.46. The van der Waals surface area contributed by atoms with E-state index in [1.54, 1.807) is 18.2 Å². The molecular weight excluding hydrogens is 255 g/mol. The monoisotopic (exact) mass is 268 g/mol. The van der Waals surface area contributed by atoms with E-state index >= 15 is 0 Å². The second-order valence-corrected chi connectivity index (χ2v) is 4.56. The van der Waals surface area contributed by atoms with Crippen molar-refractivity contribution in [2.45, 2.75) is 13.8 Å². The van der Waals surface area contributed by atoms with Gasteiger partial charge >= 0.3 is 0 Å². The average molecular weight is 268 g/mol. The number of hydrogen-bond acceptors (Lipinski definition) is 3. The number of rotatable bonds is 2. The molecule has 2 aromatic heterocycles. The van der Waals surface area contributed by atoms with Crippen molar-refractivity contribution in [2.75, 3.05) is 0 Å². The molecule has 0 aliphatic heterocycles. The normalized spacial score (nSPS) is 11.6. The molecule has 0 bridgehead atoms. The van der Waals surface area contributed by atoms with Crippen LogP contribution in [-0.4, -0.2) is 9.38 Å². The maximum Gasteiger partial charge on any atom is 0.182 e. The Morgan fingerprint density at radius 2 is 1.85 bits per heavy atom. The summed E-state index contributed by atoms with van der Waals surface area (Å²) in [5.74, 6) is 0.228. The number of fused-ring (bicyclic) bond motifs is 1. The van der Waals surface area contributed by atoms with Crippen LogP contribution < -0.4 is 0 Å². The van der Waals surface area contributed by atoms with Gasteiger partial charge in [-0.3, -0.25) is 4.40 Å². The molecule has 0 spiro atoms. The lowest BCUT2D eigenvalue weighted by Gasteiger charge is -1.98. The van der Waals surface area contributed by atoms with E-state index in [0.29, 0.717) is 5.82 Å². The van der Waals surface area contributed by atoms with Crippen molar-refractivity contribution in [3.63, 3.8) is 0 Å². The third-order valence-electron chi connectivity index (χ3n) is 3.09. The van der Waals surface area contributed by atoms with Crippen molar-refractivity contribution in [1.29, 1.82) is 0 Å². The highest BCUT2D eigenvalue weighted by Crippen LogP contribution is 2.25. The molecule has 4 nitrogen and oxygen atoms in total. The molecule has 0 unspecified atom stereocenters. The Kier molecular flexibility index (Phi) is 3.02. The van der Waals surface area contributed by atoms with Gasteiger partial charge in [0.2, 0.25) is 0 Å². The Balaban J connectivity index is 2.10. The third-order valence-corrected chi connectivity index (χ3v) is 3.09. The standard InChI is InChI=1S/C15H13FN4/c1-10-6-5-9-20-14(10)17-11(2)15(20)19-18-13-8-4-3-7-12(13)16/h3-9H,1-2H3. The molecule has 0 aliphatic carbocycles. The number of aryl methyl sites for hydroxylation is 2. The van der Waals surface area contributed by atoms with Gasteiger partial charge < -0.3 is 0 Å². The number of nitrogens with zero attached hydrogens (tertiary/aromatic N) is 4. The number of hydrogen-bond donors (Lipinski definition) is 0. The van der Waals surface area contributed by atoms with Crippen molar-refractivity contribution >= 4 is 17.2 Å². The second-order valence-electron chi connectivity index (χ2n) is 4.56. The van der Waals surface area contributed by atoms with E-state index < -0.39 is 0 Å². The van der Waals surface area contributed by atoms with Crippen LogP contribution in [-0.2, 0) is 0 Å². The smallest absolute Gasteiger partial charge is 0.182 e. The number of halogens is 1. The van der Waals surface area contributed by atoms with Crippen LogP contribution in [0, 0.1) is 19.7 Å². The van der Waals surface area contributed by atoms with Gasteiger partial charge in [-0.1, -0.05) is 18.2 Å². The Morgan fingerprint density at radius 3 is 2.65 bits per heavy atom. The number of imidazole rings is 1. The average Bonchev–Trinajstić information content (AvgIpc) is 2.76. The van der Waals surface area contributed by atoms with E-state index in [1.807, 2.05) is 36.6 Å². The zero-order valence-electron chi connectivity index (χ0n) is 11.2. The maximum absolute atomic E-state index is 13.5. The number of pyridine rings is 1. The van der Waals surface area contributed by atoms with Crippen LogP contribution >= 0.6 is 0 Å². The molecule has 0 saturated heterocycles. The summed E-state index contributed by atoms with van der Waals surface area (Å²) in [5.41, 5.74) is 2.88. The highest BCUT2D eigenvalue weighted by atomic mass is 19.1. The predicted octanol–water partition coefficient (Wildman–Crippen LogP) is 4.51. The van der Waals surface area contributed by atoms with Crippen LogP contribution in [0.25, 0.3) is 5.65 Å². The first-order chi connectivity index (χ1) is 9.66. The summed E-state index contributed by atoms with van der Waals surface area (Å²) in [6.45, 7) is 3.85. The molecule has 3 aromatic rings. The van der Waals surface area contributed by atoms with Crippen LogP contribution in [0.2, 0.25) is 0 Å². The first-order valence-corrected chi connectivity index (χ1v) is 6.27. The molecule has 5 heteroatoms. The van der Waals surface area contributed by atoms with Crippen LogP contribution in [0.15, 0.2) is 52.8 Å². The largest absolute Gasteiger partial charge is 0.283 e. The zero-order chi connectivity index (χ0) is 14.1. The van der Waals surface area contributed by atoms with Gasteiger partial charge in [-0.15, -0.1) is 10.2 Å². The van der Waals surface area contributed by atoms with Gasteiger partial charge in [0, 0.05) is 6.20 Å². The van der Waals surface area contributed by atoms with Gasteiger partial charge in [0.1, 0.15) is 11.3 Å². The minimum Gasteiger partial charge on any atom is -0.283 e. The minimum atomic E-state index is -0.390. The molecule has 0 amide bonds. The van der Waals surface area contributed by atoms with Crippen LogP contribution in [0.4, 0.5) is 15.9 Å². The minimum absolute atomic E-state index is 0.217. The quantitative estimate of drug-likeness (QED) is 0.631. The SMILES string of the molecule is Cc1nc2c(C)cccn2c1N=Nc1ccccc1F. The van der Waals surface area contributed by atoms with Crippen molar-refractivity contribution < 1.29 is 4.39 Å². The molecule has 100 valence electrons. The Labute approximate surface area is 115 Å². The molecule has 20 heavy (non-hydrogen) atoms. The van der Waals surface area contributed by atoms with Crippen molar-refractivity contribution in [3.8, 4) is 0 Å². The summed E-state index contributed by atoms with van der Waals surface area (Å²) >= 11 is 0. The summed E-state index contributed by atoms with van der Waals surface area (Å²) < 4.78 is 15.4. The molecule has 0 radical (unpaired) electrons. The van der Waals surface area contributed by atoms with Crippen molar-refractivity contribution in [1.82, 2.24) is 9.38 Å². The number of azo groups is 1. The first-order valence-electron chi connectivity index (χ1n) is 6.27. The van der Waals surface area contributed by atoms with E-state index in [1.165, 1.54) is 6.07 Å². The van der Waals surface area contributed by atoms with E-state index in [4.69, 9.17) is 0 Å². The van der Waals surface area contributed by atoms with Gasteiger partial charge in [-0.05, 0) is 37.6 Å². The number of aromatic nitrogens is 2. The topological polar surface area (TPSA) is 42.0 Å². The van der Waals surface area contributed by atoms with Crippen molar-refractivity contribution in [3.05, 3.63) is 59.7 Å². The fourth-order valence-corrected chi connectivity index (χ4v) is 2.06. The van der Waals surface area contributed by atoms with Gasteiger partial charge in [0.25, 0.3) is 0 Å². The predicted molar refractivity (Wildman–Crippen MR) is 75.2 cm³/mol. The molecule has 0 saturated carbocycles. The molecule has 2 heterocycles. The molecule has 0 atom stereocenters. The summed E-state index contributed by atoms with van der Waals surface area (Å²) in [6, 6.07) is 10.2. The fraction of sp³-hybridized carbons (Fsp3) is 0.133. The molecule has 0 aliphatic rings.